The average molecular weight is 595 g/mol. The standard InChI is InChI=1S/C33H42F2N4O2.C2H6/c1-5-11-27(6-2)17-19-37-20-22-38(23-21-37)32(33(41)36(4)18-16-28-12-8-7-9-13-28)26(3)39(25-40)24-29-30(34)14-10-15-31(29)35;1-2/h5-15,25H,16-24H2,1-4H3;1-2H3/b11-5-,27-6+,32-26+;. The lowest BCUT2D eigenvalue weighted by Crippen LogP contribution is -2.49. The highest BCUT2D eigenvalue weighted by molar-refractivity contribution is 5.93. The van der Waals surface area contributed by atoms with E-state index in [0.717, 1.165) is 31.6 Å². The molecule has 0 aliphatic carbocycles. The minimum absolute atomic E-state index is 0.214. The van der Waals surface area contributed by atoms with E-state index in [9.17, 15) is 18.4 Å². The summed E-state index contributed by atoms with van der Waals surface area (Å²) in [5.41, 5.74) is 2.94. The van der Waals surface area contributed by atoms with Crippen LogP contribution in [0.1, 0.15) is 52.2 Å². The van der Waals surface area contributed by atoms with Crippen LogP contribution in [0.4, 0.5) is 8.78 Å². The van der Waals surface area contributed by atoms with E-state index in [1.54, 1.807) is 18.9 Å². The number of rotatable bonds is 13. The molecule has 0 radical (unpaired) electrons. The Morgan fingerprint density at radius 1 is 0.953 bits per heavy atom. The molecule has 0 unspecified atom stereocenters. The summed E-state index contributed by atoms with van der Waals surface area (Å²) in [6, 6.07) is 13.5. The third kappa shape index (κ3) is 10.5. The number of benzene rings is 2. The summed E-state index contributed by atoms with van der Waals surface area (Å²) in [6.07, 6.45) is 8.44. The van der Waals surface area contributed by atoms with Crippen LogP contribution < -0.4 is 0 Å². The van der Waals surface area contributed by atoms with E-state index in [1.807, 2.05) is 69.0 Å². The monoisotopic (exact) mass is 594 g/mol. The van der Waals surface area contributed by atoms with Crippen LogP contribution in [-0.2, 0) is 22.6 Å². The first-order valence-corrected chi connectivity index (χ1v) is 15.2. The quantitative estimate of drug-likeness (QED) is 0.153. The van der Waals surface area contributed by atoms with E-state index >= 15 is 0 Å². The van der Waals surface area contributed by atoms with Gasteiger partial charge in [-0.3, -0.25) is 14.5 Å². The molecule has 1 fully saturated rings. The number of hydrogen-bond donors (Lipinski definition) is 0. The van der Waals surface area contributed by atoms with Crippen molar-refractivity contribution in [3.63, 3.8) is 0 Å². The summed E-state index contributed by atoms with van der Waals surface area (Å²) in [4.78, 5) is 33.4. The number of allylic oxidation sites excluding steroid dienone is 4. The van der Waals surface area contributed by atoms with E-state index in [-0.39, 0.29) is 18.0 Å². The maximum atomic E-state index is 14.5. The molecule has 1 aliphatic rings. The Morgan fingerprint density at radius 2 is 1.58 bits per heavy atom. The van der Waals surface area contributed by atoms with Crippen LogP contribution in [0, 0.1) is 11.6 Å². The van der Waals surface area contributed by atoms with Crippen LogP contribution in [0.15, 0.2) is 83.7 Å². The molecule has 0 bridgehead atoms. The SMILES string of the molecule is C/C=C\C(=C/C)CCN1CCN(/C(C(=O)N(C)CCc2ccccc2)=C(\C)N(C=O)Cc2c(F)cccc2F)CC1.CC. The molecule has 43 heavy (non-hydrogen) atoms. The van der Waals surface area contributed by atoms with Gasteiger partial charge in [-0.05, 0) is 51.3 Å². The molecule has 0 aromatic heterocycles. The van der Waals surface area contributed by atoms with E-state index in [1.165, 1.54) is 28.7 Å². The van der Waals surface area contributed by atoms with Gasteiger partial charge in [0.25, 0.3) is 5.91 Å². The number of hydrogen-bond acceptors (Lipinski definition) is 4. The van der Waals surface area contributed by atoms with Gasteiger partial charge in [-0.25, -0.2) is 8.78 Å². The molecule has 0 spiro atoms. The van der Waals surface area contributed by atoms with Crippen molar-refractivity contribution in [3.05, 3.63) is 106 Å². The fraction of sp³-hybridized carbons (Fsp3) is 0.429. The number of likely N-dealkylation sites (N-methyl/N-ethyl adjacent to an activating group) is 1. The summed E-state index contributed by atoms with van der Waals surface area (Å²) < 4.78 is 28.9. The van der Waals surface area contributed by atoms with E-state index in [0.29, 0.717) is 43.9 Å². The van der Waals surface area contributed by atoms with Crippen LogP contribution >= 0.6 is 0 Å². The molecule has 1 heterocycles. The first kappa shape index (κ1) is 35.4. The lowest BCUT2D eigenvalue weighted by atomic mass is 10.1. The molecular weight excluding hydrogens is 546 g/mol. The minimum Gasteiger partial charge on any atom is -0.363 e. The van der Waals surface area contributed by atoms with Crippen molar-refractivity contribution in [1.82, 2.24) is 19.6 Å². The molecule has 8 heteroatoms. The van der Waals surface area contributed by atoms with Gasteiger partial charge < -0.3 is 14.7 Å². The summed E-state index contributed by atoms with van der Waals surface area (Å²) in [5, 5.41) is 0. The van der Waals surface area contributed by atoms with Crippen molar-refractivity contribution >= 4 is 12.3 Å². The van der Waals surface area contributed by atoms with Gasteiger partial charge in [-0.2, -0.15) is 0 Å². The van der Waals surface area contributed by atoms with E-state index in [4.69, 9.17) is 0 Å². The molecule has 0 atom stereocenters. The fourth-order valence-electron chi connectivity index (χ4n) is 4.99. The van der Waals surface area contributed by atoms with Gasteiger partial charge in [0.05, 0.1) is 6.54 Å². The van der Waals surface area contributed by atoms with Gasteiger partial charge in [0.15, 0.2) is 0 Å². The summed E-state index contributed by atoms with van der Waals surface area (Å²) in [7, 11) is 1.75. The van der Waals surface area contributed by atoms with E-state index in [2.05, 4.69) is 17.1 Å². The normalized spacial score (nSPS) is 14.6. The third-order valence-electron chi connectivity index (χ3n) is 7.58. The predicted molar refractivity (Wildman–Crippen MR) is 171 cm³/mol. The molecule has 0 N–H and O–H groups in total. The Balaban J connectivity index is 0.00000316. The molecule has 1 aliphatic heterocycles. The van der Waals surface area contributed by atoms with Gasteiger partial charge in [-0.15, -0.1) is 0 Å². The lowest BCUT2D eigenvalue weighted by molar-refractivity contribution is -0.128. The Bertz CT molecular complexity index is 1230. The molecule has 234 valence electrons. The second-order valence-electron chi connectivity index (χ2n) is 10.3. The molecule has 2 amide bonds. The topological polar surface area (TPSA) is 47.1 Å². The second-order valence-corrected chi connectivity index (χ2v) is 10.3. The summed E-state index contributed by atoms with van der Waals surface area (Å²) >= 11 is 0. The van der Waals surface area contributed by atoms with Crippen LogP contribution in [-0.4, -0.2) is 78.2 Å². The summed E-state index contributed by atoms with van der Waals surface area (Å²) in [6.45, 7) is 13.5. The first-order valence-electron chi connectivity index (χ1n) is 15.2. The van der Waals surface area contributed by atoms with Crippen molar-refractivity contribution in [2.45, 2.75) is 54.0 Å². The van der Waals surface area contributed by atoms with Crippen LogP contribution in [0.3, 0.4) is 0 Å². The number of carbonyl (C=O) groups is 2. The highest BCUT2D eigenvalue weighted by Crippen LogP contribution is 2.23. The van der Waals surface area contributed by atoms with Gasteiger partial charge >= 0.3 is 0 Å². The Hall–Kier alpha value is -3.78. The summed E-state index contributed by atoms with van der Waals surface area (Å²) in [5.74, 6) is -1.69. The zero-order chi connectivity index (χ0) is 31.8. The van der Waals surface area contributed by atoms with Crippen LogP contribution in [0.25, 0.3) is 0 Å². The predicted octanol–water partition coefficient (Wildman–Crippen LogP) is 6.41. The first-order chi connectivity index (χ1) is 20.8. The molecule has 2 aromatic rings. The molecule has 2 aromatic carbocycles. The largest absolute Gasteiger partial charge is 0.363 e. The van der Waals surface area contributed by atoms with Gasteiger partial charge in [0.1, 0.15) is 17.3 Å². The second kappa shape index (κ2) is 18.7. The molecular formula is C35H48F2N4O2. The van der Waals surface area contributed by atoms with Gasteiger partial charge in [0.2, 0.25) is 6.41 Å². The highest BCUT2D eigenvalue weighted by Gasteiger charge is 2.29. The van der Waals surface area contributed by atoms with E-state index < -0.39 is 11.6 Å². The van der Waals surface area contributed by atoms with Crippen LogP contribution in [0.2, 0.25) is 0 Å². The minimum atomic E-state index is -0.732. The number of piperazine rings is 1. The van der Waals surface area contributed by atoms with Gasteiger partial charge in [0, 0.05) is 57.6 Å². The molecule has 3 rings (SSSR count). The molecule has 6 nitrogen and oxygen atoms in total. The average Bonchev–Trinajstić information content (AvgIpc) is 3.03. The number of amides is 2. The van der Waals surface area contributed by atoms with Crippen molar-refractivity contribution in [2.75, 3.05) is 46.3 Å². The third-order valence-corrected chi connectivity index (χ3v) is 7.58. The lowest BCUT2D eigenvalue weighted by Gasteiger charge is -2.39. The maximum absolute atomic E-state index is 14.5. The number of carbonyl (C=O) groups excluding carboxylic acids is 2. The smallest absolute Gasteiger partial charge is 0.271 e. The number of nitrogens with zero attached hydrogens (tertiary/aromatic N) is 4. The Kier molecular flexibility index (Phi) is 15.4. The number of halogens is 2. The van der Waals surface area contributed by atoms with Crippen molar-refractivity contribution in [1.29, 1.82) is 0 Å². The highest BCUT2D eigenvalue weighted by atomic mass is 19.1. The Labute approximate surface area is 257 Å². The molecule has 1 saturated heterocycles. The molecule has 0 saturated carbocycles. The van der Waals surface area contributed by atoms with Crippen molar-refractivity contribution < 1.29 is 18.4 Å². The fourth-order valence-corrected chi connectivity index (χ4v) is 4.99. The van der Waals surface area contributed by atoms with Gasteiger partial charge in [-0.1, -0.05) is 74.0 Å². The van der Waals surface area contributed by atoms with Crippen molar-refractivity contribution in [3.8, 4) is 0 Å². The zero-order valence-electron chi connectivity index (χ0n) is 26.7. The zero-order valence-corrected chi connectivity index (χ0v) is 26.7. The maximum Gasteiger partial charge on any atom is 0.271 e. The van der Waals surface area contributed by atoms with Crippen molar-refractivity contribution in [2.24, 2.45) is 0 Å². The Morgan fingerprint density at radius 3 is 2.14 bits per heavy atom. The van der Waals surface area contributed by atoms with Crippen LogP contribution in [0.5, 0.6) is 0 Å².